The number of aliphatic hydroxyl groups excluding tert-OH is 2. The Labute approximate surface area is 466 Å². The normalized spacial score (nSPS) is 17.3. The molecule has 4 saturated heterocycles. The molecular weight excluding hydrogens is 1040 g/mol. The van der Waals surface area contributed by atoms with Gasteiger partial charge >= 0.3 is 5.97 Å². The van der Waals surface area contributed by atoms with Gasteiger partial charge in [-0.1, -0.05) is 12.1 Å². The molecule has 0 spiro atoms. The number of likely N-dealkylation sites (tertiary alicyclic amines) is 1. The number of carbonyl (C=O) groups is 2. The third-order valence-corrected chi connectivity index (χ3v) is 14.5. The van der Waals surface area contributed by atoms with E-state index in [4.69, 9.17) is 42.4 Å². The van der Waals surface area contributed by atoms with Gasteiger partial charge in [0.2, 0.25) is 0 Å². The number of furan rings is 2. The van der Waals surface area contributed by atoms with Crippen LogP contribution < -0.4 is 24.3 Å². The lowest BCUT2D eigenvalue weighted by molar-refractivity contribution is 0.0252. The van der Waals surface area contributed by atoms with Crippen LogP contribution in [-0.4, -0.2) is 133 Å². The Morgan fingerprint density at radius 3 is 1.53 bits per heavy atom. The molecule has 4 fully saturated rings. The van der Waals surface area contributed by atoms with Crippen molar-refractivity contribution in [3.8, 4) is 80.0 Å². The van der Waals surface area contributed by atoms with Gasteiger partial charge in [-0.2, -0.15) is 10.5 Å². The Kier molecular flexibility index (Phi) is 17.5. The molecule has 2 atom stereocenters. The van der Waals surface area contributed by atoms with Gasteiger partial charge in [-0.05, 0) is 103 Å². The van der Waals surface area contributed by atoms with Gasteiger partial charge in [-0.3, -0.25) is 14.8 Å². The van der Waals surface area contributed by atoms with Crippen molar-refractivity contribution in [1.29, 1.82) is 10.5 Å². The number of rotatable bonds is 12. The van der Waals surface area contributed by atoms with Gasteiger partial charge in [0.25, 0.3) is 5.91 Å². The fourth-order valence-corrected chi connectivity index (χ4v) is 10.1. The number of aromatic carboxylic acids is 1. The summed E-state index contributed by atoms with van der Waals surface area (Å²) in [5, 5.41) is 50.4. The highest BCUT2D eigenvalue weighted by Gasteiger charge is 2.27. The Hall–Kier alpha value is -8.82. The summed E-state index contributed by atoms with van der Waals surface area (Å²) >= 11 is 0. The second kappa shape index (κ2) is 25.5. The molecule has 0 radical (unpaired) electrons. The first-order valence-electron chi connectivity index (χ1n) is 26.8. The molecule has 12 rings (SSSR count). The van der Waals surface area contributed by atoms with Gasteiger partial charge in [-0.25, -0.2) is 4.79 Å². The van der Waals surface area contributed by atoms with E-state index >= 15 is 0 Å². The van der Waals surface area contributed by atoms with Gasteiger partial charge in [0.1, 0.15) is 69.9 Å². The molecule has 19 heteroatoms. The zero-order valence-corrected chi connectivity index (χ0v) is 44.8. The molecule has 4 aromatic carbocycles. The van der Waals surface area contributed by atoms with Gasteiger partial charge in [0.15, 0.2) is 11.2 Å². The Bertz CT molecular complexity index is 3640. The number of nitrogens with one attached hydrogen (secondary N) is 1. The molecule has 4 aromatic heterocycles. The topological polar surface area (TPSA) is 265 Å². The highest BCUT2D eigenvalue weighted by atomic mass is 16.5. The number of carbonyl (C=O) groups excluding carboxylic acids is 1. The monoisotopic (exact) mass is 1100 g/mol. The summed E-state index contributed by atoms with van der Waals surface area (Å²) in [4.78, 5) is 34.8. The number of hydrogen-bond acceptors (Lipinski definition) is 17. The standard InChI is InChI=1S/C31H29N3O6.C27H22N2O6.C4H9NO/c1-37-28-15-20(31(36)34-11-7-22(35)18-34)2-4-25(28)29-16-26-30(40-29)24(6-10-33-26)19-3-5-27(21(14-19)17-32)39-23-8-12-38-13-9-23;1-32-24-13-17(27(30)31)2-4-21(24)25-14-22-26(35-25)20(6-9-29-22)16-3-5-23(18(12-16)15-28)34-19-7-10-33-11-8-19;6-4-1-2-5-3-4/h2-6,10,14-16,22-23,35H,7-9,11-13,18H2,1H3;2-6,9,12-14,19H,7-8,10-11H2,1H3,(H,30,31);4-6H,1-3H2. The number of benzene rings is 4. The van der Waals surface area contributed by atoms with Crippen LogP contribution >= 0.6 is 0 Å². The Morgan fingerprint density at radius 1 is 0.605 bits per heavy atom. The number of pyridine rings is 2. The summed E-state index contributed by atoms with van der Waals surface area (Å²) in [6.07, 6.45) is 7.60. The van der Waals surface area contributed by atoms with Crippen molar-refractivity contribution in [3.05, 3.63) is 132 Å². The molecule has 8 heterocycles. The zero-order chi connectivity index (χ0) is 56.4. The number of ether oxygens (including phenoxy) is 6. The largest absolute Gasteiger partial charge is 0.496 e. The zero-order valence-electron chi connectivity index (χ0n) is 44.8. The van der Waals surface area contributed by atoms with E-state index in [1.807, 2.05) is 48.5 Å². The minimum atomic E-state index is -1.04. The van der Waals surface area contributed by atoms with Crippen LogP contribution in [0.1, 0.15) is 70.4 Å². The predicted molar refractivity (Wildman–Crippen MR) is 298 cm³/mol. The van der Waals surface area contributed by atoms with Gasteiger partial charge in [0.05, 0.1) is 80.7 Å². The molecule has 0 saturated carbocycles. The lowest BCUT2D eigenvalue weighted by atomic mass is 10.0. The first-order chi connectivity index (χ1) is 39.5. The van der Waals surface area contributed by atoms with Crippen molar-refractivity contribution in [2.75, 3.05) is 66.8 Å². The number of aromatic nitrogens is 2. The maximum absolute atomic E-state index is 12.9. The molecule has 2 unspecified atom stereocenters. The average Bonchev–Trinajstić information content (AvgIpc) is 4.53. The maximum atomic E-state index is 12.9. The minimum Gasteiger partial charge on any atom is -0.496 e. The Morgan fingerprint density at radius 2 is 1.11 bits per heavy atom. The number of carboxylic acid groups (broad SMARTS) is 1. The van der Waals surface area contributed by atoms with Crippen LogP contribution in [-0.2, 0) is 9.47 Å². The number of β-amino-alcohol motifs (C(OH)–C–C–N with tert-alkyl or cyclic N) is 2. The van der Waals surface area contributed by atoms with Crippen molar-refractivity contribution in [1.82, 2.24) is 20.2 Å². The first kappa shape index (κ1) is 55.5. The second-order valence-corrected chi connectivity index (χ2v) is 19.8. The lowest BCUT2D eigenvalue weighted by Gasteiger charge is -2.23. The minimum absolute atomic E-state index is 0.0319. The molecule has 0 bridgehead atoms. The summed E-state index contributed by atoms with van der Waals surface area (Å²) in [5.74, 6) is 1.84. The predicted octanol–water partition coefficient (Wildman–Crippen LogP) is 9.45. The van der Waals surface area contributed by atoms with Crippen LogP contribution in [0.3, 0.4) is 0 Å². The van der Waals surface area contributed by atoms with E-state index < -0.39 is 12.1 Å². The molecule has 19 nitrogen and oxygen atoms in total. The molecule has 0 aliphatic carbocycles. The molecule has 416 valence electrons. The smallest absolute Gasteiger partial charge is 0.335 e. The molecule has 81 heavy (non-hydrogen) atoms. The van der Waals surface area contributed by atoms with Crippen molar-refractivity contribution < 1.29 is 62.2 Å². The summed E-state index contributed by atoms with van der Waals surface area (Å²) < 4.78 is 46.5. The number of methoxy groups -OCH3 is 2. The summed E-state index contributed by atoms with van der Waals surface area (Å²) in [7, 11) is 3.02. The SMILES string of the molecule is COc1cc(C(=O)N2CCC(O)C2)ccc1-c1cc2nccc(-c3ccc(OC4CCOCC4)c(C#N)c3)c2o1.COc1cc(C(=O)O)ccc1-c1cc2nccc(-c3ccc(OC4CCOCC4)c(C#N)c3)c2o1.OC1CCNC1. The third-order valence-electron chi connectivity index (χ3n) is 14.5. The van der Waals surface area contributed by atoms with E-state index in [1.165, 1.54) is 19.2 Å². The number of carboxylic acids is 1. The van der Waals surface area contributed by atoms with Crippen molar-refractivity contribution >= 4 is 34.1 Å². The van der Waals surface area contributed by atoms with Gasteiger partial charge in [0, 0.05) is 86.5 Å². The van der Waals surface area contributed by atoms with E-state index in [0.29, 0.717) is 130 Å². The van der Waals surface area contributed by atoms with Gasteiger partial charge in [-0.15, -0.1) is 0 Å². The molecule has 8 aromatic rings. The fourth-order valence-electron chi connectivity index (χ4n) is 10.1. The molecule has 4 aliphatic rings. The first-order valence-corrected chi connectivity index (χ1v) is 26.8. The quantitative estimate of drug-likeness (QED) is 0.0887. The number of fused-ring (bicyclic) bond motifs is 2. The summed E-state index contributed by atoms with van der Waals surface area (Å²) in [5.41, 5.74) is 8.37. The summed E-state index contributed by atoms with van der Waals surface area (Å²) in [6.45, 7) is 5.27. The van der Waals surface area contributed by atoms with E-state index in [0.717, 1.165) is 67.4 Å². The number of aliphatic hydroxyl groups is 2. The van der Waals surface area contributed by atoms with E-state index in [-0.39, 0.29) is 29.8 Å². The fraction of sp³-hybridized carbons (Fsp3) is 0.323. The molecule has 4 aliphatic heterocycles. The summed E-state index contributed by atoms with van der Waals surface area (Å²) in [6, 6.07) is 32.7. The molecular formula is C62H60N6O13. The second-order valence-electron chi connectivity index (χ2n) is 19.8. The number of amides is 1. The van der Waals surface area contributed by atoms with E-state index in [9.17, 15) is 30.3 Å². The van der Waals surface area contributed by atoms with Gasteiger partial charge < -0.3 is 62.8 Å². The average molecular weight is 1100 g/mol. The third kappa shape index (κ3) is 12.8. The van der Waals surface area contributed by atoms with Crippen LogP contribution in [0.5, 0.6) is 23.0 Å². The van der Waals surface area contributed by atoms with Crippen LogP contribution in [0.2, 0.25) is 0 Å². The van der Waals surface area contributed by atoms with Crippen LogP contribution in [0.4, 0.5) is 0 Å². The molecule has 1 amide bonds. The van der Waals surface area contributed by atoms with Crippen molar-refractivity contribution in [2.45, 2.75) is 62.9 Å². The van der Waals surface area contributed by atoms with E-state index in [2.05, 4.69) is 27.4 Å². The van der Waals surface area contributed by atoms with Crippen LogP contribution in [0, 0.1) is 22.7 Å². The van der Waals surface area contributed by atoms with Crippen molar-refractivity contribution in [2.24, 2.45) is 0 Å². The molecule has 4 N–H and O–H groups in total. The number of hydrogen-bond donors (Lipinski definition) is 4. The lowest BCUT2D eigenvalue weighted by Crippen LogP contribution is -2.29. The highest BCUT2D eigenvalue weighted by Crippen LogP contribution is 2.41. The van der Waals surface area contributed by atoms with Crippen molar-refractivity contribution in [3.63, 3.8) is 0 Å². The van der Waals surface area contributed by atoms with Crippen LogP contribution in [0.25, 0.3) is 67.1 Å². The maximum Gasteiger partial charge on any atom is 0.335 e. The highest BCUT2D eigenvalue weighted by molar-refractivity contribution is 5.97. The number of nitriles is 2. The number of nitrogens with zero attached hydrogens (tertiary/aromatic N) is 5. The Balaban J connectivity index is 0.000000166. The van der Waals surface area contributed by atoms with Crippen LogP contribution in [0.15, 0.2) is 118 Å². The van der Waals surface area contributed by atoms with E-state index in [1.54, 1.807) is 60.8 Å².